The van der Waals surface area contributed by atoms with Gasteiger partial charge in [-0.05, 0) is 59.8 Å². The van der Waals surface area contributed by atoms with E-state index in [2.05, 4.69) is 10.6 Å². The van der Waals surface area contributed by atoms with Gasteiger partial charge in [-0.25, -0.2) is 9.59 Å². The Morgan fingerprint density at radius 3 is 1.77 bits per heavy atom. The number of Topliss-reactive ketones (excluding diaryl/α,β-unsaturated/α-hetero) is 1. The van der Waals surface area contributed by atoms with E-state index in [0.717, 1.165) is 0 Å². The minimum absolute atomic E-state index is 0.0406. The molecular formula is C19H34N2O5. The van der Waals surface area contributed by atoms with Crippen molar-refractivity contribution in [3.63, 3.8) is 0 Å². The Bertz CT molecular complexity index is 519. The quantitative estimate of drug-likeness (QED) is 0.792. The zero-order valence-electron chi connectivity index (χ0n) is 17.1. The highest BCUT2D eigenvalue weighted by atomic mass is 16.6. The van der Waals surface area contributed by atoms with Gasteiger partial charge in [0.2, 0.25) is 0 Å². The molecule has 0 bridgehead atoms. The van der Waals surface area contributed by atoms with Crippen molar-refractivity contribution in [2.75, 3.05) is 13.1 Å². The zero-order valence-corrected chi connectivity index (χ0v) is 17.1. The number of ether oxygens (including phenoxy) is 2. The lowest BCUT2D eigenvalue weighted by Crippen LogP contribution is -2.45. The van der Waals surface area contributed by atoms with Crippen LogP contribution in [0.25, 0.3) is 0 Å². The van der Waals surface area contributed by atoms with Crippen LogP contribution in [0.4, 0.5) is 9.59 Å². The molecule has 1 saturated carbocycles. The molecule has 2 N–H and O–H groups in total. The lowest BCUT2D eigenvalue weighted by molar-refractivity contribution is -0.126. The molecule has 0 aromatic carbocycles. The van der Waals surface area contributed by atoms with Crippen LogP contribution in [0.5, 0.6) is 0 Å². The second-order valence-corrected chi connectivity index (χ2v) is 9.09. The second kappa shape index (κ2) is 8.73. The number of hydrogen-bond donors (Lipinski definition) is 2. The molecule has 2 amide bonds. The molecule has 0 saturated heterocycles. The van der Waals surface area contributed by atoms with Crippen LogP contribution in [0.1, 0.15) is 61.3 Å². The van der Waals surface area contributed by atoms with Gasteiger partial charge in [-0.3, -0.25) is 4.79 Å². The van der Waals surface area contributed by atoms with E-state index in [9.17, 15) is 14.4 Å². The van der Waals surface area contributed by atoms with Crippen molar-refractivity contribution in [1.29, 1.82) is 0 Å². The number of amides is 2. The fourth-order valence-electron chi connectivity index (χ4n) is 2.95. The molecule has 0 aromatic heterocycles. The summed E-state index contributed by atoms with van der Waals surface area (Å²) in [5.41, 5.74) is -1.13. The third kappa shape index (κ3) is 8.54. The largest absolute Gasteiger partial charge is 0.444 e. The third-order valence-corrected chi connectivity index (χ3v) is 4.15. The molecule has 0 radical (unpaired) electrons. The third-order valence-electron chi connectivity index (χ3n) is 4.15. The summed E-state index contributed by atoms with van der Waals surface area (Å²) in [6.07, 6.45) is 0.0933. The van der Waals surface area contributed by atoms with E-state index in [0.29, 0.717) is 25.9 Å². The Labute approximate surface area is 156 Å². The highest BCUT2D eigenvalue weighted by molar-refractivity contribution is 5.82. The van der Waals surface area contributed by atoms with E-state index in [1.54, 1.807) is 20.8 Å². The predicted octanol–water partition coefficient (Wildman–Crippen LogP) is 3.27. The molecule has 150 valence electrons. The van der Waals surface area contributed by atoms with Gasteiger partial charge in [-0.15, -0.1) is 0 Å². The Kier molecular flexibility index (Phi) is 7.47. The van der Waals surface area contributed by atoms with E-state index < -0.39 is 23.4 Å². The van der Waals surface area contributed by atoms with Gasteiger partial charge in [0.05, 0.1) is 0 Å². The van der Waals surface area contributed by atoms with Gasteiger partial charge in [0.1, 0.15) is 17.0 Å². The maximum absolute atomic E-state index is 12.1. The first-order valence-electron chi connectivity index (χ1n) is 9.23. The Hall–Kier alpha value is -1.79. The van der Waals surface area contributed by atoms with Crippen LogP contribution < -0.4 is 10.6 Å². The number of ketones is 1. The van der Waals surface area contributed by atoms with Gasteiger partial charge < -0.3 is 20.1 Å². The van der Waals surface area contributed by atoms with Crippen LogP contribution in [0, 0.1) is 17.8 Å². The maximum Gasteiger partial charge on any atom is 0.407 e. The van der Waals surface area contributed by atoms with Crippen molar-refractivity contribution >= 4 is 18.0 Å². The average Bonchev–Trinajstić information content (AvgIpc) is 2.43. The van der Waals surface area contributed by atoms with E-state index in [1.807, 2.05) is 27.7 Å². The molecule has 0 heterocycles. The van der Waals surface area contributed by atoms with Gasteiger partial charge >= 0.3 is 12.2 Å². The summed E-state index contributed by atoms with van der Waals surface area (Å²) in [6.45, 7) is 13.5. The van der Waals surface area contributed by atoms with Crippen molar-refractivity contribution < 1.29 is 23.9 Å². The Balaban J connectivity index is 2.60. The van der Waals surface area contributed by atoms with E-state index in [4.69, 9.17) is 9.47 Å². The first-order valence-corrected chi connectivity index (χ1v) is 9.23. The van der Waals surface area contributed by atoms with Crippen LogP contribution in [-0.2, 0) is 14.3 Å². The molecule has 26 heavy (non-hydrogen) atoms. The lowest BCUT2D eigenvalue weighted by Gasteiger charge is -2.34. The Morgan fingerprint density at radius 2 is 1.35 bits per heavy atom. The molecule has 0 aliphatic heterocycles. The van der Waals surface area contributed by atoms with Gasteiger partial charge in [0.25, 0.3) is 0 Å². The summed E-state index contributed by atoms with van der Waals surface area (Å²) in [7, 11) is 0. The predicted molar refractivity (Wildman–Crippen MR) is 98.9 cm³/mol. The average molecular weight is 370 g/mol. The molecule has 7 nitrogen and oxygen atoms in total. The van der Waals surface area contributed by atoms with Gasteiger partial charge in [0, 0.05) is 25.4 Å². The minimum atomic E-state index is -0.571. The van der Waals surface area contributed by atoms with Gasteiger partial charge in [-0.2, -0.15) is 0 Å². The van der Waals surface area contributed by atoms with Crippen LogP contribution in [0.15, 0.2) is 0 Å². The van der Waals surface area contributed by atoms with Crippen LogP contribution in [0.3, 0.4) is 0 Å². The lowest BCUT2D eigenvalue weighted by atomic mass is 9.74. The van der Waals surface area contributed by atoms with E-state index >= 15 is 0 Å². The summed E-state index contributed by atoms with van der Waals surface area (Å²) in [4.78, 5) is 35.8. The number of carbonyl (C=O) groups excluding carboxylic acids is 3. The summed E-state index contributed by atoms with van der Waals surface area (Å²) in [6, 6.07) is 0. The van der Waals surface area contributed by atoms with Crippen LogP contribution >= 0.6 is 0 Å². The summed E-state index contributed by atoms with van der Waals surface area (Å²) < 4.78 is 10.5. The molecule has 1 fully saturated rings. The number of hydrogen-bond acceptors (Lipinski definition) is 5. The van der Waals surface area contributed by atoms with Crippen molar-refractivity contribution in [1.82, 2.24) is 10.6 Å². The van der Waals surface area contributed by atoms with Crippen molar-refractivity contribution in [3.05, 3.63) is 0 Å². The minimum Gasteiger partial charge on any atom is -0.444 e. The summed E-state index contributed by atoms with van der Waals surface area (Å²) in [5, 5.41) is 5.53. The number of rotatable bonds is 4. The monoisotopic (exact) mass is 370 g/mol. The van der Waals surface area contributed by atoms with Crippen LogP contribution in [-0.4, -0.2) is 42.3 Å². The smallest absolute Gasteiger partial charge is 0.407 e. The standard InChI is InChI=1S/C19H34N2O5/c1-12-8-13(10-20-16(23)25-18(2,3)4)14(9-15(12)22)11-21-17(24)26-19(5,6)7/h12-14H,8-11H2,1-7H3,(H,20,23)(H,21,24)/t12-,13?,14+/m1/s1. The second-order valence-electron chi connectivity index (χ2n) is 9.09. The first-order chi connectivity index (χ1) is 11.8. The number of nitrogens with one attached hydrogen (secondary N) is 2. The van der Waals surface area contributed by atoms with Gasteiger partial charge in [0.15, 0.2) is 0 Å². The molecular weight excluding hydrogens is 336 g/mol. The molecule has 7 heteroatoms. The van der Waals surface area contributed by atoms with Crippen molar-refractivity contribution in [3.8, 4) is 0 Å². The summed E-state index contributed by atoms with van der Waals surface area (Å²) in [5.74, 6) is 0.194. The SMILES string of the molecule is C[C@@H]1CC(CNC(=O)OC(C)(C)C)[C@H](CNC(=O)OC(C)(C)C)CC1=O. The van der Waals surface area contributed by atoms with Crippen LogP contribution in [0.2, 0.25) is 0 Å². The number of alkyl carbamates (subject to hydrolysis) is 2. The highest BCUT2D eigenvalue weighted by Gasteiger charge is 2.34. The normalized spacial score (nSPS) is 24.0. The maximum atomic E-state index is 12.1. The van der Waals surface area contributed by atoms with Gasteiger partial charge in [-0.1, -0.05) is 6.92 Å². The molecule has 0 spiro atoms. The first kappa shape index (κ1) is 22.3. The fourth-order valence-corrected chi connectivity index (χ4v) is 2.95. The van der Waals surface area contributed by atoms with E-state index in [-0.39, 0.29) is 23.5 Å². The van der Waals surface area contributed by atoms with Crippen molar-refractivity contribution in [2.45, 2.75) is 72.5 Å². The Morgan fingerprint density at radius 1 is 0.923 bits per heavy atom. The zero-order chi connectivity index (χ0) is 20.1. The number of carbonyl (C=O) groups is 3. The van der Waals surface area contributed by atoms with Crippen molar-refractivity contribution in [2.24, 2.45) is 17.8 Å². The molecule has 1 aliphatic rings. The fraction of sp³-hybridized carbons (Fsp3) is 0.842. The topological polar surface area (TPSA) is 93.7 Å². The molecule has 1 unspecified atom stereocenters. The molecule has 3 atom stereocenters. The highest BCUT2D eigenvalue weighted by Crippen LogP contribution is 2.31. The van der Waals surface area contributed by atoms with E-state index in [1.165, 1.54) is 0 Å². The molecule has 0 aromatic rings. The molecule has 1 aliphatic carbocycles. The molecule has 1 rings (SSSR count). The summed E-state index contributed by atoms with van der Waals surface area (Å²) >= 11 is 0.